The molecule has 0 aliphatic carbocycles. The fourth-order valence-corrected chi connectivity index (χ4v) is 8.14. The first-order chi connectivity index (χ1) is 19.3. The number of aromatic amines is 1. The van der Waals surface area contributed by atoms with Crippen LogP contribution < -0.4 is 21.2 Å². The van der Waals surface area contributed by atoms with E-state index in [0.717, 1.165) is 11.4 Å². The second-order valence-corrected chi connectivity index (χ2v) is 14.2. The van der Waals surface area contributed by atoms with Gasteiger partial charge in [0.2, 0.25) is 17.7 Å². The normalized spacial score (nSPS) is 21.3. The number of hydrogen-bond acceptors (Lipinski definition) is 13. The molecule has 1 saturated heterocycles. The summed E-state index contributed by atoms with van der Waals surface area (Å²) in [5.41, 5.74) is 6.43. The van der Waals surface area contributed by atoms with Crippen LogP contribution in [0.1, 0.15) is 46.0 Å². The molecular weight excluding hydrogens is 579 g/mol. The lowest BCUT2D eigenvalue weighted by Gasteiger charge is -2.24. The van der Waals surface area contributed by atoms with Gasteiger partial charge in [-0.15, -0.1) is 0 Å². The zero-order chi connectivity index (χ0) is 30.1. The number of esters is 1. The molecule has 5 N–H and O–H groups in total. The molecule has 226 valence electrons. The molecule has 1 aliphatic rings. The van der Waals surface area contributed by atoms with Crippen molar-refractivity contribution in [1.82, 2.24) is 34.2 Å². The molecule has 0 amide bonds. The van der Waals surface area contributed by atoms with Gasteiger partial charge in [-0.3, -0.25) is 23.5 Å². The van der Waals surface area contributed by atoms with Crippen LogP contribution in [0.15, 0.2) is 11.1 Å². The Labute approximate surface area is 239 Å². The maximum Gasteiger partial charge on any atom is 0.328 e. The molecule has 1 fully saturated rings. The van der Waals surface area contributed by atoms with E-state index in [4.69, 9.17) is 24.5 Å². The van der Waals surface area contributed by atoms with Gasteiger partial charge in [0, 0.05) is 18.7 Å². The third-order valence-electron chi connectivity index (χ3n) is 6.39. The molecule has 4 heterocycles. The van der Waals surface area contributed by atoms with E-state index in [9.17, 15) is 19.3 Å². The van der Waals surface area contributed by atoms with Crippen molar-refractivity contribution >= 4 is 41.2 Å². The van der Waals surface area contributed by atoms with Gasteiger partial charge in [0.25, 0.3) is 0 Å². The van der Waals surface area contributed by atoms with Crippen LogP contribution in [0.3, 0.4) is 0 Å². The number of anilines is 1. The van der Waals surface area contributed by atoms with Gasteiger partial charge in [-0.2, -0.15) is 9.97 Å². The summed E-state index contributed by atoms with van der Waals surface area (Å²) in [4.78, 5) is 39.3. The fraction of sp³-hybridized carbons (Fsp3) is 0.609. The average Bonchev–Trinajstić information content (AvgIpc) is 3.55. The molecule has 1 aliphatic heterocycles. The number of H-pyrrole nitrogens is 1. The molecule has 0 saturated carbocycles. The third-order valence-corrected chi connectivity index (χ3v) is 10.4. The van der Waals surface area contributed by atoms with Gasteiger partial charge in [-0.05, 0) is 38.6 Å². The topological polar surface area (TPSA) is 211 Å². The summed E-state index contributed by atoms with van der Waals surface area (Å²) >= 11 is 0.833. The molecule has 0 radical (unpaired) electrons. The number of rotatable bonds is 12. The van der Waals surface area contributed by atoms with Crippen LogP contribution in [0.25, 0.3) is 11.2 Å². The highest BCUT2D eigenvalue weighted by atomic mass is 32.7. The lowest BCUT2D eigenvalue weighted by molar-refractivity contribution is -0.149. The minimum Gasteiger partial charge on any atom is -0.493 e. The van der Waals surface area contributed by atoms with Crippen LogP contribution in [0.5, 0.6) is 11.8 Å². The van der Waals surface area contributed by atoms with Gasteiger partial charge in [0.15, 0.2) is 11.2 Å². The number of nitrogens with one attached hydrogen (secondary N) is 2. The molecule has 5 atom stereocenters. The van der Waals surface area contributed by atoms with Crippen LogP contribution in [0.4, 0.5) is 5.95 Å². The zero-order valence-corrected chi connectivity index (χ0v) is 25.3. The Morgan fingerprint density at radius 2 is 2.12 bits per heavy atom. The van der Waals surface area contributed by atoms with Crippen molar-refractivity contribution in [2.75, 3.05) is 19.5 Å². The predicted molar refractivity (Wildman–Crippen MR) is 150 cm³/mol. The highest BCUT2D eigenvalue weighted by Crippen LogP contribution is 2.58. The Balaban J connectivity index is 1.49. The van der Waals surface area contributed by atoms with Gasteiger partial charge in [0.1, 0.15) is 12.3 Å². The number of nitrogens with two attached hydrogens (primary N) is 1. The van der Waals surface area contributed by atoms with E-state index >= 15 is 0 Å². The van der Waals surface area contributed by atoms with E-state index in [1.165, 1.54) is 25.6 Å². The lowest BCUT2D eigenvalue weighted by atomic mass is 10.1. The highest BCUT2D eigenvalue weighted by Gasteiger charge is 2.38. The van der Waals surface area contributed by atoms with Gasteiger partial charge in [-0.25, -0.2) is 14.9 Å². The maximum absolute atomic E-state index is 14.0. The predicted octanol–water partition coefficient (Wildman–Crippen LogP) is 2.06. The van der Waals surface area contributed by atoms with E-state index in [1.54, 1.807) is 24.7 Å². The Hall–Kier alpha value is -3.11. The van der Waals surface area contributed by atoms with Crippen molar-refractivity contribution in [2.24, 2.45) is 13.0 Å². The number of carbonyl (C=O) groups is 1. The number of aromatic hydroxyl groups is 1. The molecule has 5 unspecified atom stereocenters. The number of fused-ring (bicyclic) bond motifs is 1. The summed E-state index contributed by atoms with van der Waals surface area (Å²) in [5, 5.41) is 12.8. The van der Waals surface area contributed by atoms with E-state index in [-0.39, 0.29) is 47.8 Å². The van der Waals surface area contributed by atoms with Gasteiger partial charge in [-0.1, -0.05) is 6.92 Å². The number of imidazole rings is 2. The molecule has 3 aromatic rings. The fourth-order valence-electron chi connectivity index (χ4n) is 4.37. The monoisotopic (exact) mass is 614 g/mol. The molecule has 18 heteroatoms. The number of methoxy groups -OCH3 is 1. The molecule has 16 nitrogen and oxygen atoms in total. The second-order valence-electron chi connectivity index (χ2n) is 9.96. The zero-order valence-electron chi connectivity index (χ0n) is 23.6. The first-order valence-electron chi connectivity index (χ1n) is 12.9. The number of carbonyl (C=O) groups excluding carboxylic acids is 1. The Bertz CT molecular complexity index is 1510. The van der Waals surface area contributed by atoms with Crippen LogP contribution in [0.2, 0.25) is 0 Å². The SMILES string of the molecule is COc1nc(N)nc2c1ncn2C1OC(COP(=O)(NC(C)C(=O)OC(C)C)SCc2c(O)[nH]c(=O)n2C)CC1C. The quantitative estimate of drug-likeness (QED) is 0.170. The minimum absolute atomic E-state index is 0.00514. The number of nitrogen functional groups attached to an aromatic ring is 1. The van der Waals surface area contributed by atoms with Crippen molar-refractivity contribution in [3.8, 4) is 11.8 Å². The average molecular weight is 615 g/mol. The van der Waals surface area contributed by atoms with Crippen molar-refractivity contribution in [3.63, 3.8) is 0 Å². The number of hydrogen-bond donors (Lipinski definition) is 4. The molecule has 0 aromatic carbocycles. The minimum atomic E-state index is -3.80. The van der Waals surface area contributed by atoms with Crippen molar-refractivity contribution in [2.45, 2.75) is 64.3 Å². The lowest BCUT2D eigenvalue weighted by Crippen LogP contribution is -2.35. The summed E-state index contributed by atoms with van der Waals surface area (Å²) in [5.74, 6) is -0.719. The maximum atomic E-state index is 14.0. The Morgan fingerprint density at radius 3 is 2.76 bits per heavy atom. The summed E-state index contributed by atoms with van der Waals surface area (Å²) in [6.45, 7) is 3.04. The molecule has 0 spiro atoms. The van der Waals surface area contributed by atoms with E-state index in [0.29, 0.717) is 17.6 Å². The third kappa shape index (κ3) is 6.86. The van der Waals surface area contributed by atoms with Crippen molar-refractivity contribution < 1.29 is 33.2 Å². The highest BCUT2D eigenvalue weighted by molar-refractivity contribution is 8.55. The summed E-state index contributed by atoms with van der Waals surface area (Å²) in [6.07, 6.45) is 0.830. The second kappa shape index (κ2) is 12.4. The smallest absolute Gasteiger partial charge is 0.328 e. The standard InChI is InChI=1S/C23H35N8O8PS/c1-11(2)38-21(33)13(4)29-40(35,41-9-15-18(32)27-23(34)30(15)5)37-8-14-7-12(3)20(39-14)31-10-25-16-17(31)26-22(24)28-19(16)36-6/h10-14,20,32H,7-9H2,1-6H3,(H,27,34)(H,29,35)(H2,24,26,28). The molecular formula is C23H35N8O8PS. The van der Waals surface area contributed by atoms with Crippen LogP contribution in [-0.2, 0) is 36.2 Å². The first-order valence-corrected chi connectivity index (χ1v) is 16.1. The number of aromatic nitrogens is 6. The number of ether oxygens (including phenoxy) is 3. The Kier molecular flexibility index (Phi) is 9.33. The van der Waals surface area contributed by atoms with Crippen molar-refractivity contribution in [3.05, 3.63) is 22.5 Å². The number of nitrogens with zero attached hydrogens (tertiary/aromatic N) is 5. The largest absolute Gasteiger partial charge is 0.493 e. The molecule has 41 heavy (non-hydrogen) atoms. The molecule has 4 rings (SSSR count). The van der Waals surface area contributed by atoms with Crippen LogP contribution >= 0.6 is 18.1 Å². The van der Waals surface area contributed by atoms with E-state index < -0.39 is 36.8 Å². The molecule has 0 bridgehead atoms. The van der Waals surface area contributed by atoms with Crippen molar-refractivity contribution in [1.29, 1.82) is 0 Å². The summed E-state index contributed by atoms with van der Waals surface area (Å²) < 4.78 is 39.6. The van der Waals surface area contributed by atoms with Crippen LogP contribution in [-0.4, -0.2) is 72.1 Å². The van der Waals surface area contributed by atoms with Gasteiger partial charge >= 0.3 is 18.4 Å². The van der Waals surface area contributed by atoms with Gasteiger partial charge < -0.3 is 29.6 Å². The van der Waals surface area contributed by atoms with Crippen LogP contribution in [0, 0.1) is 5.92 Å². The summed E-state index contributed by atoms with van der Waals surface area (Å²) in [6, 6.07) is -0.965. The Morgan fingerprint density at radius 1 is 1.39 bits per heavy atom. The van der Waals surface area contributed by atoms with E-state index in [2.05, 4.69) is 25.0 Å². The first kappa shape index (κ1) is 30.8. The van der Waals surface area contributed by atoms with Gasteiger partial charge in [0.05, 0.1) is 37.9 Å². The summed E-state index contributed by atoms with van der Waals surface area (Å²) in [7, 11) is 2.94. The van der Waals surface area contributed by atoms with E-state index in [1.807, 2.05) is 6.92 Å². The molecule has 3 aromatic heterocycles.